The SMILES string of the molecule is CCn1cc(NC(=O)c2cc(Cl)ccc2OC(F)F)ccc1=O. The number of nitrogens with zero attached hydrogens (tertiary/aromatic N) is 1. The van der Waals surface area contributed by atoms with Gasteiger partial charge in [-0.1, -0.05) is 11.6 Å². The molecule has 0 fully saturated rings. The minimum atomic E-state index is -3.07. The number of aromatic nitrogens is 1. The second kappa shape index (κ2) is 7.23. The summed E-state index contributed by atoms with van der Waals surface area (Å²) in [5.41, 5.74) is 0.00134. The zero-order chi connectivity index (χ0) is 17.0. The summed E-state index contributed by atoms with van der Waals surface area (Å²) in [6, 6.07) is 6.48. The Morgan fingerprint density at radius 2 is 2.09 bits per heavy atom. The van der Waals surface area contributed by atoms with E-state index < -0.39 is 12.5 Å². The summed E-state index contributed by atoms with van der Waals surface area (Å²) < 4.78 is 30.5. The van der Waals surface area contributed by atoms with Crippen molar-refractivity contribution >= 4 is 23.2 Å². The first kappa shape index (κ1) is 17.0. The molecule has 1 heterocycles. The van der Waals surface area contributed by atoms with Crippen LogP contribution >= 0.6 is 11.6 Å². The summed E-state index contributed by atoms with van der Waals surface area (Å²) in [6.45, 7) is -0.859. The number of halogens is 3. The van der Waals surface area contributed by atoms with E-state index in [1.54, 1.807) is 6.92 Å². The zero-order valence-electron chi connectivity index (χ0n) is 12.1. The summed E-state index contributed by atoms with van der Waals surface area (Å²) in [7, 11) is 0. The standard InChI is InChI=1S/C15H13ClF2N2O3/c1-2-20-8-10(4-6-13(20)21)19-14(22)11-7-9(16)3-5-12(11)23-15(17)18/h3-8,15H,2H2,1H3,(H,19,22). The van der Waals surface area contributed by atoms with Crippen molar-refractivity contribution in [2.75, 3.05) is 5.32 Å². The number of benzene rings is 1. The molecule has 5 nitrogen and oxygen atoms in total. The number of pyridine rings is 1. The fourth-order valence-electron chi connectivity index (χ4n) is 1.93. The number of rotatable bonds is 5. The maximum absolute atomic E-state index is 12.4. The van der Waals surface area contributed by atoms with Crippen LogP contribution in [0.25, 0.3) is 0 Å². The quantitative estimate of drug-likeness (QED) is 0.906. The summed E-state index contributed by atoms with van der Waals surface area (Å²) in [5, 5.41) is 2.72. The van der Waals surface area contributed by atoms with Crippen LogP contribution in [0.15, 0.2) is 41.3 Å². The fraction of sp³-hybridized carbons (Fsp3) is 0.200. The Bertz CT molecular complexity index is 778. The van der Waals surface area contributed by atoms with Crippen molar-refractivity contribution in [2.24, 2.45) is 0 Å². The molecule has 0 radical (unpaired) electrons. The molecule has 2 rings (SSSR count). The topological polar surface area (TPSA) is 60.3 Å². The maximum atomic E-state index is 12.4. The minimum Gasteiger partial charge on any atom is -0.434 e. The third-order valence-corrected chi connectivity index (χ3v) is 3.22. The number of hydrogen-bond acceptors (Lipinski definition) is 3. The minimum absolute atomic E-state index is 0.132. The molecule has 0 aliphatic heterocycles. The van der Waals surface area contributed by atoms with Gasteiger partial charge in [0.25, 0.3) is 11.5 Å². The molecule has 0 aliphatic carbocycles. The molecule has 0 bridgehead atoms. The zero-order valence-corrected chi connectivity index (χ0v) is 12.8. The van der Waals surface area contributed by atoms with Gasteiger partial charge in [0.2, 0.25) is 0 Å². The predicted octanol–water partition coefficient (Wildman–Crippen LogP) is 3.38. The molecule has 1 amide bonds. The summed E-state index contributed by atoms with van der Waals surface area (Å²) >= 11 is 5.80. The van der Waals surface area contributed by atoms with Crippen LogP contribution in [0.2, 0.25) is 5.02 Å². The molecule has 0 saturated carbocycles. The normalized spacial score (nSPS) is 10.7. The van der Waals surface area contributed by atoms with Gasteiger partial charge in [0.1, 0.15) is 5.75 Å². The van der Waals surface area contributed by atoms with Crippen LogP contribution in [-0.2, 0) is 6.54 Å². The van der Waals surface area contributed by atoms with Crippen LogP contribution in [0.5, 0.6) is 5.75 Å². The van der Waals surface area contributed by atoms with E-state index in [-0.39, 0.29) is 21.9 Å². The van der Waals surface area contributed by atoms with Crippen LogP contribution in [-0.4, -0.2) is 17.1 Å². The monoisotopic (exact) mass is 342 g/mol. The number of aryl methyl sites for hydroxylation is 1. The number of anilines is 1. The second-order valence-electron chi connectivity index (χ2n) is 4.52. The van der Waals surface area contributed by atoms with Gasteiger partial charge >= 0.3 is 6.61 Å². The van der Waals surface area contributed by atoms with Gasteiger partial charge in [0, 0.05) is 23.8 Å². The second-order valence-corrected chi connectivity index (χ2v) is 4.95. The van der Waals surface area contributed by atoms with Gasteiger partial charge in [-0.25, -0.2) is 0 Å². The molecule has 1 aromatic carbocycles. The third-order valence-electron chi connectivity index (χ3n) is 2.98. The van der Waals surface area contributed by atoms with Crippen LogP contribution < -0.4 is 15.6 Å². The lowest BCUT2D eigenvalue weighted by atomic mass is 10.2. The molecule has 1 aromatic heterocycles. The molecule has 0 saturated heterocycles. The number of ether oxygens (including phenoxy) is 1. The van der Waals surface area contributed by atoms with Crippen molar-refractivity contribution in [1.29, 1.82) is 0 Å². The molecule has 8 heteroatoms. The van der Waals surface area contributed by atoms with Crippen molar-refractivity contribution in [3.63, 3.8) is 0 Å². The van der Waals surface area contributed by atoms with E-state index in [1.807, 2.05) is 0 Å². The van der Waals surface area contributed by atoms with Crippen LogP contribution in [0.1, 0.15) is 17.3 Å². The highest BCUT2D eigenvalue weighted by atomic mass is 35.5. The largest absolute Gasteiger partial charge is 0.434 e. The lowest BCUT2D eigenvalue weighted by Crippen LogP contribution is -2.20. The Morgan fingerprint density at radius 3 is 2.74 bits per heavy atom. The van der Waals surface area contributed by atoms with Crippen molar-refractivity contribution in [2.45, 2.75) is 20.1 Å². The maximum Gasteiger partial charge on any atom is 0.387 e. The highest BCUT2D eigenvalue weighted by Gasteiger charge is 2.17. The van der Waals surface area contributed by atoms with E-state index in [2.05, 4.69) is 10.1 Å². The Morgan fingerprint density at radius 1 is 1.35 bits per heavy atom. The van der Waals surface area contributed by atoms with Gasteiger partial charge in [-0.05, 0) is 31.2 Å². The van der Waals surface area contributed by atoms with Gasteiger partial charge in [-0.15, -0.1) is 0 Å². The van der Waals surface area contributed by atoms with E-state index in [0.717, 1.165) is 0 Å². The summed E-state index contributed by atoms with van der Waals surface area (Å²) in [5.74, 6) is -0.963. The number of hydrogen-bond donors (Lipinski definition) is 1. The molecule has 0 atom stereocenters. The predicted molar refractivity (Wildman–Crippen MR) is 82.4 cm³/mol. The lowest BCUT2D eigenvalue weighted by molar-refractivity contribution is -0.0501. The summed E-state index contributed by atoms with van der Waals surface area (Å²) in [4.78, 5) is 23.8. The molecule has 2 aromatic rings. The molecule has 1 N–H and O–H groups in total. The van der Waals surface area contributed by atoms with E-state index >= 15 is 0 Å². The average Bonchev–Trinajstić information content (AvgIpc) is 2.50. The van der Waals surface area contributed by atoms with Gasteiger partial charge < -0.3 is 14.6 Å². The Labute approximate surface area is 135 Å². The number of carbonyl (C=O) groups is 1. The van der Waals surface area contributed by atoms with Crippen LogP contribution in [0.3, 0.4) is 0 Å². The first-order valence-corrected chi connectivity index (χ1v) is 7.04. The van der Waals surface area contributed by atoms with Crippen molar-refractivity contribution < 1.29 is 18.3 Å². The highest BCUT2D eigenvalue weighted by molar-refractivity contribution is 6.31. The van der Waals surface area contributed by atoms with Crippen molar-refractivity contribution in [3.8, 4) is 5.75 Å². The van der Waals surface area contributed by atoms with Gasteiger partial charge in [-0.2, -0.15) is 8.78 Å². The highest BCUT2D eigenvalue weighted by Crippen LogP contribution is 2.25. The lowest BCUT2D eigenvalue weighted by Gasteiger charge is -2.12. The molecule has 0 spiro atoms. The van der Waals surface area contributed by atoms with Crippen molar-refractivity contribution in [1.82, 2.24) is 4.57 Å². The number of nitrogens with one attached hydrogen (secondary N) is 1. The van der Waals surface area contributed by atoms with E-state index in [9.17, 15) is 18.4 Å². The van der Waals surface area contributed by atoms with Crippen LogP contribution in [0, 0.1) is 0 Å². The molecule has 122 valence electrons. The summed E-state index contributed by atoms with van der Waals surface area (Å²) in [6.07, 6.45) is 1.46. The van der Waals surface area contributed by atoms with Crippen LogP contribution in [0.4, 0.5) is 14.5 Å². The number of alkyl halides is 2. The molecular formula is C15H13ClF2N2O3. The Kier molecular flexibility index (Phi) is 5.33. The fourth-order valence-corrected chi connectivity index (χ4v) is 2.10. The van der Waals surface area contributed by atoms with Gasteiger partial charge in [0.15, 0.2) is 0 Å². The molecule has 0 unspecified atom stereocenters. The third kappa shape index (κ3) is 4.29. The van der Waals surface area contributed by atoms with Crippen molar-refractivity contribution in [3.05, 3.63) is 57.5 Å². The number of amides is 1. The van der Waals surface area contributed by atoms with E-state index in [4.69, 9.17) is 11.6 Å². The smallest absolute Gasteiger partial charge is 0.387 e. The molecular weight excluding hydrogens is 330 g/mol. The number of carbonyl (C=O) groups excluding carboxylic acids is 1. The van der Waals surface area contributed by atoms with E-state index in [0.29, 0.717) is 12.2 Å². The van der Waals surface area contributed by atoms with Gasteiger partial charge in [0.05, 0.1) is 11.3 Å². The van der Waals surface area contributed by atoms with Gasteiger partial charge in [-0.3, -0.25) is 9.59 Å². The Hall–Kier alpha value is -2.41. The first-order valence-electron chi connectivity index (χ1n) is 6.67. The molecule has 23 heavy (non-hydrogen) atoms. The average molecular weight is 343 g/mol. The van der Waals surface area contributed by atoms with E-state index in [1.165, 1.54) is 41.1 Å². The first-order chi connectivity index (χ1) is 10.9. The Balaban J connectivity index is 2.30. The molecule has 0 aliphatic rings.